The molecule has 1 saturated heterocycles. The van der Waals surface area contributed by atoms with E-state index in [-0.39, 0.29) is 18.2 Å². The Kier molecular flexibility index (Phi) is 6.26. The zero-order valence-electron chi connectivity index (χ0n) is 15.6. The lowest BCUT2D eigenvalue weighted by atomic mass is 9.72. The van der Waals surface area contributed by atoms with Crippen molar-refractivity contribution in [1.29, 1.82) is 0 Å². The molecule has 1 aromatic carbocycles. The maximum absolute atomic E-state index is 12.0. The van der Waals surface area contributed by atoms with E-state index in [0.29, 0.717) is 25.1 Å². The van der Waals surface area contributed by atoms with E-state index in [0.717, 1.165) is 5.56 Å². The molecule has 4 atom stereocenters. The Morgan fingerprint density at radius 1 is 1.46 bits per heavy atom. The third kappa shape index (κ3) is 4.16. The van der Waals surface area contributed by atoms with Gasteiger partial charge in [-0.1, -0.05) is 13.0 Å². The van der Waals surface area contributed by atoms with E-state index in [9.17, 15) is 19.8 Å². The van der Waals surface area contributed by atoms with E-state index in [2.05, 4.69) is 0 Å². The maximum Gasteiger partial charge on any atom is 0.320 e. The molecule has 144 valence electrons. The molecule has 1 aliphatic heterocycles. The molecule has 2 N–H and O–H groups in total. The van der Waals surface area contributed by atoms with Crippen LogP contribution in [0.15, 0.2) is 18.2 Å². The van der Waals surface area contributed by atoms with Crippen molar-refractivity contribution < 1.29 is 29.3 Å². The Balaban J connectivity index is 2.20. The molecule has 1 aliphatic rings. The summed E-state index contributed by atoms with van der Waals surface area (Å²) in [6.45, 7) is 6.26. The van der Waals surface area contributed by atoms with Gasteiger partial charge in [-0.05, 0) is 31.5 Å². The SMILES string of the molecule is COc1ccc(C2CN(CC(=O)O[C@@H](C)C=O)CC2(C)C(C)O)cc1O. The van der Waals surface area contributed by atoms with Crippen molar-refractivity contribution in [2.75, 3.05) is 26.7 Å². The van der Waals surface area contributed by atoms with Crippen LogP contribution in [0.4, 0.5) is 0 Å². The fourth-order valence-corrected chi connectivity index (χ4v) is 3.53. The highest BCUT2D eigenvalue weighted by Crippen LogP contribution is 2.46. The van der Waals surface area contributed by atoms with E-state index >= 15 is 0 Å². The predicted molar refractivity (Wildman–Crippen MR) is 95.2 cm³/mol. The van der Waals surface area contributed by atoms with E-state index in [1.807, 2.05) is 17.9 Å². The number of rotatable bonds is 7. The van der Waals surface area contributed by atoms with Crippen LogP contribution in [0.2, 0.25) is 0 Å². The average Bonchev–Trinajstić information content (AvgIpc) is 2.92. The van der Waals surface area contributed by atoms with Crippen molar-refractivity contribution in [3.63, 3.8) is 0 Å². The van der Waals surface area contributed by atoms with Crippen molar-refractivity contribution >= 4 is 12.3 Å². The Morgan fingerprint density at radius 3 is 2.69 bits per heavy atom. The molecule has 3 unspecified atom stereocenters. The minimum absolute atomic E-state index is 0.0376. The van der Waals surface area contributed by atoms with Crippen molar-refractivity contribution in [3.05, 3.63) is 23.8 Å². The number of carbonyl (C=O) groups excluding carboxylic acids is 2. The first-order valence-electron chi connectivity index (χ1n) is 8.63. The Labute approximate surface area is 153 Å². The molecular formula is C19H27NO6. The second kappa shape index (κ2) is 8.05. The summed E-state index contributed by atoms with van der Waals surface area (Å²) in [6, 6.07) is 5.19. The number of aldehydes is 1. The van der Waals surface area contributed by atoms with Crippen molar-refractivity contribution in [2.45, 2.75) is 38.9 Å². The summed E-state index contributed by atoms with van der Waals surface area (Å²) in [5, 5.41) is 20.5. The Morgan fingerprint density at radius 2 is 2.15 bits per heavy atom. The molecule has 0 radical (unpaired) electrons. The first-order chi connectivity index (χ1) is 12.2. The van der Waals surface area contributed by atoms with Crippen LogP contribution in [0.3, 0.4) is 0 Å². The van der Waals surface area contributed by atoms with Gasteiger partial charge in [0.05, 0.1) is 19.8 Å². The van der Waals surface area contributed by atoms with Gasteiger partial charge in [0.2, 0.25) is 0 Å². The van der Waals surface area contributed by atoms with Gasteiger partial charge in [-0.2, -0.15) is 0 Å². The lowest BCUT2D eigenvalue weighted by molar-refractivity contribution is -0.151. The number of aliphatic hydroxyl groups is 1. The number of aromatic hydroxyl groups is 1. The number of hydrogen-bond acceptors (Lipinski definition) is 7. The quantitative estimate of drug-likeness (QED) is 0.556. The lowest BCUT2D eigenvalue weighted by Gasteiger charge is -2.34. The van der Waals surface area contributed by atoms with Gasteiger partial charge in [0, 0.05) is 24.4 Å². The number of phenols is 1. The molecular weight excluding hydrogens is 338 g/mol. The van der Waals surface area contributed by atoms with E-state index < -0.39 is 23.6 Å². The maximum atomic E-state index is 12.0. The molecule has 7 nitrogen and oxygen atoms in total. The molecule has 2 rings (SSSR count). The number of carbonyl (C=O) groups is 2. The highest BCUT2D eigenvalue weighted by molar-refractivity contribution is 5.74. The molecule has 0 saturated carbocycles. The first-order valence-corrected chi connectivity index (χ1v) is 8.63. The third-order valence-corrected chi connectivity index (χ3v) is 5.22. The van der Waals surface area contributed by atoms with Crippen LogP contribution in [0.1, 0.15) is 32.3 Å². The van der Waals surface area contributed by atoms with Gasteiger partial charge in [-0.25, -0.2) is 0 Å². The second-order valence-corrected chi connectivity index (χ2v) is 7.17. The topological polar surface area (TPSA) is 96.3 Å². The molecule has 0 aromatic heterocycles. The Bertz CT molecular complexity index is 661. The summed E-state index contributed by atoms with van der Waals surface area (Å²) in [5.74, 6) is -0.143. The summed E-state index contributed by atoms with van der Waals surface area (Å²) < 4.78 is 10.1. The molecule has 1 fully saturated rings. The second-order valence-electron chi connectivity index (χ2n) is 7.17. The number of nitrogens with zero attached hydrogens (tertiary/aromatic N) is 1. The molecule has 0 bridgehead atoms. The molecule has 0 spiro atoms. The average molecular weight is 365 g/mol. The number of phenolic OH excluding ortho intramolecular Hbond substituents is 1. The summed E-state index contributed by atoms with van der Waals surface area (Å²) >= 11 is 0. The summed E-state index contributed by atoms with van der Waals surface area (Å²) in [5.41, 5.74) is 0.362. The van der Waals surface area contributed by atoms with Gasteiger partial charge < -0.3 is 19.7 Å². The van der Waals surface area contributed by atoms with Gasteiger partial charge in [0.1, 0.15) is 0 Å². The van der Waals surface area contributed by atoms with Gasteiger partial charge in [-0.3, -0.25) is 14.5 Å². The van der Waals surface area contributed by atoms with Crippen LogP contribution in [-0.4, -0.2) is 66.3 Å². The molecule has 0 amide bonds. The van der Waals surface area contributed by atoms with Crippen LogP contribution < -0.4 is 4.74 Å². The van der Waals surface area contributed by atoms with E-state index in [1.54, 1.807) is 19.1 Å². The Hall–Kier alpha value is -2.12. The van der Waals surface area contributed by atoms with Crippen LogP contribution in [0, 0.1) is 5.41 Å². The molecule has 7 heteroatoms. The zero-order chi connectivity index (χ0) is 19.5. The molecule has 1 aromatic rings. The predicted octanol–water partition coefficient (Wildman–Crippen LogP) is 1.32. The van der Waals surface area contributed by atoms with E-state index in [1.165, 1.54) is 14.0 Å². The summed E-state index contributed by atoms with van der Waals surface area (Å²) in [6.07, 6.45) is -0.820. The van der Waals surface area contributed by atoms with Gasteiger partial charge in [0.15, 0.2) is 23.9 Å². The molecule has 0 aliphatic carbocycles. The third-order valence-electron chi connectivity index (χ3n) is 5.22. The monoisotopic (exact) mass is 365 g/mol. The number of methoxy groups -OCH3 is 1. The van der Waals surface area contributed by atoms with Crippen LogP contribution >= 0.6 is 0 Å². The lowest BCUT2D eigenvalue weighted by Crippen LogP contribution is -2.38. The number of benzene rings is 1. The molecule has 1 heterocycles. The summed E-state index contributed by atoms with van der Waals surface area (Å²) in [7, 11) is 1.48. The highest BCUT2D eigenvalue weighted by Gasteiger charge is 2.47. The number of hydrogen-bond donors (Lipinski definition) is 2. The van der Waals surface area contributed by atoms with Crippen LogP contribution in [-0.2, 0) is 14.3 Å². The minimum atomic E-state index is -0.775. The van der Waals surface area contributed by atoms with Crippen molar-refractivity contribution in [1.82, 2.24) is 4.90 Å². The number of aliphatic hydroxyl groups excluding tert-OH is 1. The van der Waals surface area contributed by atoms with Crippen molar-refractivity contribution in [2.24, 2.45) is 5.41 Å². The minimum Gasteiger partial charge on any atom is -0.504 e. The number of esters is 1. The smallest absolute Gasteiger partial charge is 0.320 e. The molecule has 26 heavy (non-hydrogen) atoms. The van der Waals surface area contributed by atoms with E-state index in [4.69, 9.17) is 9.47 Å². The number of likely N-dealkylation sites (tertiary alicyclic amines) is 1. The van der Waals surface area contributed by atoms with Gasteiger partial charge in [-0.15, -0.1) is 0 Å². The summed E-state index contributed by atoms with van der Waals surface area (Å²) in [4.78, 5) is 24.5. The fourth-order valence-electron chi connectivity index (χ4n) is 3.53. The van der Waals surface area contributed by atoms with Crippen LogP contribution in [0.25, 0.3) is 0 Å². The van der Waals surface area contributed by atoms with Crippen LogP contribution in [0.5, 0.6) is 11.5 Å². The normalized spacial score (nSPS) is 25.5. The van der Waals surface area contributed by atoms with Gasteiger partial charge in [0.25, 0.3) is 0 Å². The van der Waals surface area contributed by atoms with Crippen molar-refractivity contribution in [3.8, 4) is 11.5 Å². The zero-order valence-corrected chi connectivity index (χ0v) is 15.6. The fraction of sp³-hybridized carbons (Fsp3) is 0.579. The largest absolute Gasteiger partial charge is 0.504 e. The highest BCUT2D eigenvalue weighted by atomic mass is 16.5. The number of ether oxygens (including phenoxy) is 2. The van der Waals surface area contributed by atoms with Gasteiger partial charge >= 0.3 is 5.97 Å². The standard InChI is InChI=1S/C19H27NO6/c1-12(10-21)26-18(24)9-20-8-15(19(3,11-20)13(2)22)14-5-6-17(25-4)16(23)7-14/h5-7,10,12-13,15,22-23H,8-9,11H2,1-4H3/t12-,13?,15?,19?/m0/s1. The first kappa shape index (κ1) is 20.2.